The van der Waals surface area contributed by atoms with E-state index in [1.165, 1.54) is 0 Å². The van der Waals surface area contributed by atoms with Crippen molar-refractivity contribution in [3.63, 3.8) is 0 Å². The Bertz CT molecular complexity index is 1220. The lowest BCUT2D eigenvalue weighted by atomic mass is 9.77. The number of hydrogen-bond acceptors (Lipinski definition) is 6. The summed E-state index contributed by atoms with van der Waals surface area (Å²) in [7, 11) is 0. The first kappa shape index (κ1) is 30.2. The highest BCUT2D eigenvalue weighted by atomic mass is 16.3. The molecule has 2 aromatic rings. The van der Waals surface area contributed by atoms with Crippen molar-refractivity contribution in [3.8, 4) is 0 Å². The lowest BCUT2D eigenvalue weighted by Crippen LogP contribution is -2.73. The van der Waals surface area contributed by atoms with Crippen LogP contribution in [0.5, 0.6) is 0 Å². The van der Waals surface area contributed by atoms with Gasteiger partial charge in [-0.3, -0.25) is 24.3 Å². The molecule has 3 N–H and O–H groups in total. The number of carbonyl (C=O) groups excluding carboxylic acids is 3. The smallest absolute Gasteiger partial charge is 0.251 e. The molecular weight excluding hydrogens is 530 g/mol. The van der Waals surface area contributed by atoms with Gasteiger partial charge in [-0.15, -0.1) is 0 Å². The topological polar surface area (TPSA) is 115 Å². The van der Waals surface area contributed by atoms with Gasteiger partial charge in [0, 0.05) is 44.4 Å². The number of pyridine rings is 1. The zero-order valence-corrected chi connectivity index (χ0v) is 24.8. The number of piperidine rings is 1. The molecular formula is C33H45N5O4. The second kappa shape index (κ2) is 13.3. The zero-order chi connectivity index (χ0) is 29.6. The van der Waals surface area contributed by atoms with E-state index < -0.39 is 17.2 Å². The molecule has 3 fully saturated rings. The average Bonchev–Trinajstić information content (AvgIpc) is 3.01. The first-order chi connectivity index (χ1) is 20.3. The number of likely N-dealkylation sites (tertiary alicyclic amines) is 1. The van der Waals surface area contributed by atoms with E-state index in [9.17, 15) is 19.5 Å². The van der Waals surface area contributed by atoms with Crippen molar-refractivity contribution >= 4 is 17.7 Å². The minimum Gasteiger partial charge on any atom is -0.390 e. The fourth-order valence-electron chi connectivity index (χ4n) is 6.82. The predicted octanol–water partition coefficient (Wildman–Crippen LogP) is 3.56. The highest BCUT2D eigenvalue weighted by molar-refractivity contribution is 6.00. The van der Waals surface area contributed by atoms with Crippen LogP contribution in [0.2, 0.25) is 0 Å². The molecule has 0 radical (unpaired) electrons. The number of amides is 3. The summed E-state index contributed by atoms with van der Waals surface area (Å²) in [5.41, 5.74) is 0.808. The summed E-state index contributed by atoms with van der Waals surface area (Å²) in [4.78, 5) is 48.5. The van der Waals surface area contributed by atoms with Crippen molar-refractivity contribution in [2.24, 2.45) is 0 Å². The molecule has 3 aliphatic rings. The summed E-state index contributed by atoms with van der Waals surface area (Å²) in [6, 6.07) is 12.6. The van der Waals surface area contributed by atoms with Gasteiger partial charge in [-0.25, -0.2) is 0 Å². The molecule has 2 aliphatic heterocycles. The van der Waals surface area contributed by atoms with Crippen LogP contribution in [0.1, 0.15) is 92.7 Å². The van der Waals surface area contributed by atoms with Crippen LogP contribution in [0.15, 0.2) is 48.7 Å². The van der Waals surface area contributed by atoms with E-state index in [0.29, 0.717) is 70.4 Å². The molecule has 1 atom stereocenters. The Hall–Kier alpha value is -3.30. The predicted molar refractivity (Wildman–Crippen MR) is 160 cm³/mol. The van der Waals surface area contributed by atoms with Gasteiger partial charge in [0.2, 0.25) is 11.8 Å². The van der Waals surface area contributed by atoms with E-state index in [4.69, 9.17) is 0 Å². The van der Waals surface area contributed by atoms with Gasteiger partial charge < -0.3 is 20.6 Å². The molecule has 5 rings (SSSR count). The van der Waals surface area contributed by atoms with E-state index in [1.807, 2.05) is 47.4 Å². The summed E-state index contributed by atoms with van der Waals surface area (Å²) in [6.07, 6.45) is 9.40. The third-order valence-electron chi connectivity index (χ3n) is 9.37. The van der Waals surface area contributed by atoms with Crippen LogP contribution < -0.4 is 10.6 Å². The molecule has 226 valence electrons. The van der Waals surface area contributed by atoms with Gasteiger partial charge in [-0.05, 0) is 61.9 Å². The Morgan fingerprint density at radius 1 is 1.05 bits per heavy atom. The maximum Gasteiger partial charge on any atom is 0.251 e. The van der Waals surface area contributed by atoms with Gasteiger partial charge in [0.1, 0.15) is 11.6 Å². The van der Waals surface area contributed by atoms with Crippen molar-refractivity contribution < 1.29 is 19.5 Å². The van der Waals surface area contributed by atoms with Crippen LogP contribution in [0.25, 0.3) is 0 Å². The number of aliphatic hydroxyl groups is 1. The molecule has 0 unspecified atom stereocenters. The quantitative estimate of drug-likeness (QED) is 0.399. The van der Waals surface area contributed by atoms with Gasteiger partial charge in [0.15, 0.2) is 0 Å². The molecule has 1 spiro atoms. The first-order valence-electron chi connectivity index (χ1n) is 15.7. The molecule has 9 heteroatoms. The molecule has 42 heavy (non-hydrogen) atoms. The van der Waals surface area contributed by atoms with Crippen LogP contribution in [0.4, 0.5) is 0 Å². The lowest BCUT2D eigenvalue weighted by Gasteiger charge is -2.52. The van der Waals surface area contributed by atoms with Gasteiger partial charge in [-0.2, -0.15) is 0 Å². The number of rotatable bonds is 10. The average molecular weight is 576 g/mol. The largest absolute Gasteiger partial charge is 0.390 e. The number of carbonyl (C=O) groups is 3. The van der Waals surface area contributed by atoms with Crippen molar-refractivity contribution in [2.75, 3.05) is 19.6 Å². The van der Waals surface area contributed by atoms with Crippen molar-refractivity contribution in [1.82, 2.24) is 25.4 Å². The standard InChI is InChI=1S/C33H45N5O4/c1-2-3-19-38-30(40)28(22-32(42)14-6-4-7-15-32)36-31(41)33(38)16-20-37(21-17-33)24-25-10-12-26(13-11-25)29(39)35-23-27-9-5-8-18-34-27/h5,8-13,18,28,42H,2-4,6-7,14-17,19-24H2,1H3,(H,35,39)(H,36,41)/t28-/m1/s1. The molecule has 1 aliphatic carbocycles. The van der Waals surface area contributed by atoms with Gasteiger partial charge >= 0.3 is 0 Å². The maximum atomic E-state index is 13.8. The molecule has 1 saturated carbocycles. The summed E-state index contributed by atoms with van der Waals surface area (Å²) >= 11 is 0. The second-order valence-electron chi connectivity index (χ2n) is 12.4. The number of nitrogens with one attached hydrogen (secondary N) is 2. The van der Waals surface area contributed by atoms with Crippen molar-refractivity contribution in [2.45, 2.75) is 101 Å². The molecule has 1 aromatic heterocycles. The fourth-order valence-corrected chi connectivity index (χ4v) is 6.82. The number of nitrogens with zero attached hydrogens (tertiary/aromatic N) is 3. The van der Waals surface area contributed by atoms with Crippen LogP contribution >= 0.6 is 0 Å². The molecule has 2 saturated heterocycles. The van der Waals surface area contributed by atoms with E-state index in [0.717, 1.165) is 43.4 Å². The summed E-state index contributed by atoms with van der Waals surface area (Å²) in [5, 5.41) is 17.1. The maximum absolute atomic E-state index is 13.8. The number of hydrogen-bond donors (Lipinski definition) is 3. The lowest BCUT2D eigenvalue weighted by molar-refractivity contribution is -0.163. The van der Waals surface area contributed by atoms with Gasteiger partial charge in [0.25, 0.3) is 5.91 Å². The molecule has 1 aromatic carbocycles. The van der Waals surface area contributed by atoms with E-state index in [2.05, 4.69) is 27.4 Å². The third kappa shape index (κ3) is 6.84. The summed E-state index contributed by atoms with van der Waals surface area (Å²) in [5.74, 6) is -0.239. The number of aromatic nitrogens is 1. The van der Waals surface area contributed by atoms with Crippen molar-refractivity contribution in [1.29, 1.82) is 0 Å². The van der Waals surface area contributed by atoms with Crippen LogP contribution in [-0.4, -0.2) is 74.4 Å². The number of benzene rings is 1. The minimum absolute atomic E-state index is 0.0348. The second-order valence-corrected chi connectivity index (χ2v) is 12.4. The Morgan fingerprint density at radius 3 is 2.45 bits per heavy atom. The van der Waals surface area contributed by atoms with Crippen LogP contribution in [-0.2, 0) is 22.7 Å². The Kier molecular flexibility index (Phi) is 9.58. The number of unbranched alkanes of at least 4 members (excludes halogenated alkanes) is 1. The van der Waals surface area contributed by atoms with Crippen LogP contribution in [0.3, 0.4) is 0 Å². The van der Waals surface area contributed by atoms with Crippen molar-refractivity contribution in [3.05, 3.63) is 65.5 Å². The zero-order valence-electron chi connectivity index (χ0n) is 24.8. The van der Waals surface area contributed by atoms with E-state index in [-0.39, 0.29) is 17.7 Å². The fraction of sp³-hybridized carbons (Fsp3) is 0.576. The van der Waals surface area contributed by atoms with E-state index in [1.54, 1.807) is 6.20 Å². The Morgan fingerprint density at radius 2 is 1.79 bits per heavy atom. The SMILES string of the molecule is CCCCN1C(=O)[C@@H](CC2(O)CCCCC2)NC(=O)C12CCN(Cc1ccc(C(=O)NCc3ccccn3)cc1)CC2. The Labute approximate surface area is 249 Å². The minimum atomic E-state index is -0.870. The van der Waals surface area contributed by atoms with Crippen LogP contribution in [0, 0.1) is 0 Å². The Balaban J connectivity index is 1.18. The highest BCUT2D eigenvalue weighted by Crippen LogP contribution is 2.37. The molecule has 3 amide bonds. The monoisotopic (exact) mass is 575 g/mol. The van der Waals surface area contributed by atoms with E-state index >= 15 is 0 Å². The highest BCUT2D eigenvalue weighted by Gasteiger charge is 2.54. The first-order valence-corrected chi connectivity index (χ1v) is 15.7. The molecule has 0 bridgehead atoms. The van der Waals surface area contributed by atoms with Gasteiger partial charge in [0.05, 0.1) is 17.8 Å². The summed E-state index contributed by atoms with van der Waals surface area (Å²) < 4.78 is 0. The number of piperazine rings is 1. The molecule has 3 heterocycles. The molecule has 9 nitrogen and oxygen atoms in total. The third-order valence-corrected chi connectivity index (χ3v) is 9.37. The van der Waals surface area contributed by atoms with Gasteiger partial charge in [-0.1, -0.05) is 50.8 Å². The normalized spacial score (nSPS) is 22.1. The summed E-state index contributed by atoms with van der Waals surface area (Å²) in [6.45, 7) is 5.16.